The lowest BCUT2D eigenvalue weighted by atomic mass is 10.1. The zero-order chi connectivity index (χ0) is 27.7. The molecule has 0 atom stereocenters. The number of anilines is 4. The van der Waals surface area contributed by atoms with Crippen molar-refractivity contribution >= 4 is 52.5 Å². The number of carbonyl (C=O) groups excluding carboxylic acids is 5. The van der Waals surface area contributed by atoms with Gasteiger partial charge in [0.2, 0.25) is 11.8 Å². The summed E-state index contributed by atoms with van der Waals surface area (Å²) in [7, 11) is 0. The first-order valence-electron chi connectivity index (χ1n) is 11.5. The van der Waals surface area contributed by atoms with E-state index < -0.39 is 23.9 Å². The lowest BCUT2D eigenvalue weighted by molar-refractivity contribution is 0.0951. The fraction of sp³-hybridized carbons (Fsp3) is 0.115. The second-order valence-corrected chi connectivity index (χ2v) is 8.10. The van der Waals surface area contributed by atoms with Crippen LogP contribution in [0.2, 0.25) is 0 Å². The summed E-state index contributed by atoms with van der Waals surface area (Å²) in [6.07, 6.45) is 0.725. The minimum absolute atomic E-state index is 0.211. The highest BCUT2D eigenvalue weighted by molar-refractivity contribution is 6.05. The van der Waals surface area contributed by atoms with Crippen LogP contribution in [0.25, 0.3) is 0 Å². The van der Waals surface area contributed by atoms with Crippen LogP contribution in [0.1, 0.15) is 44.4 Å². The third-order valence-corrected chi connectivity index (χ3v) is 5.10. The van der Waals surface area contributed by atoms with Crippen LogP contribution in [-0.4, -0.2) is 36.3 Å². The molecule has 7 amide bonds. The Morgan fingerprint density at radius 3 is 1.34 bits per heavy atom. The van der Waals surface area contributed by atoms with Crippen molar-refractivity contribution in [2.75, 3.05) is 27.8 Å². The number of hydrogen-bond donors (Lipinski definition) is 7. The first kappa shape index (κ1) is 27.2. The lowest BCUT2D eigenvalue weighted by Crippen LogP contribution is -2.25. The first-order valence-corrected chi connectivity index (χ1v) is 11.5. The van der Waals surface area contributed by atoms with E-state index in [9.17, 15) is 24.0 Å². The number of amides is 7. The van der Waals surface area contributed by atoms with E-state index in [4.69, 9.17) is 11.5 Å². The van der Waals surface area contributed by atoms with Crippen LogP contribution in [0.3, 0.4) is 0 Å². The Bertz CT molecular complexity index is 1260. The van der Waals surface area contributed by atoms with Gasteiger partial charge in [0.25, 0.3) is 5.91 Å². The van der Waals surface area contributed by atoms with E-state index in [1.54, 1.807) is 0 Å². The fourth-order valence-electron chi connectivity index (χ4n) is 3.27. The van der Waals surface area contributed by atoms with Gasteiger partial charge in [-0.3, -0.25) is 14.4 Å². The highest BCUT2D eigenvalue weighted by Gasteiger charge is 2.13. The number of hydrogen-bond acceptors (Lipinski definition) is 5. The smallest absolute Gasteiger partial charge is 0.323 e. The molecule has 0 unspecified atom stereocenters. The van der Waals surface area contributed by atoms with Crippen molar-refractivity contribution in [3.8, 4) is 0 Å². The molecule has 38 heavy (non-hydrogen) atoms. The van der Waals surface area contributed by atoms with Gasteiger partial charge in [-0.15, -0.1) is 0 Å². The van der Waals surface area contributed by atoms with Gasteiger partial charge in [0.05, 0.1) is 0 Å². The monoisotopic (exact) mass is 517 g/mol. The quantitative estimate of drug-likeness (QED) is 0.228. The van der Waals surface area contributed by atoms with Gasteiger partial charge in [-0.25, -0.2) is 9.59 Å². The van der Waals surface area contributed by atoms with E-state index in [0.717, 1.165) is 6.42 Å². The Balaban J connectivity index is 1.75. The number of urea groups is 2. The predicted octanol–water partition coefficient (Wildman–Crippen LogP) is 3.31. The minimum atomic E-state index is -0.618. The molecule has 0 saturated carbocycles. The van der Waals surface area contributed by atoms with E-state index in [-0.39, 0.29) is 22.8 Å². The molecular weight excluding hydrogens is 490 g/mol. The Morgan fingerprint density at radius 2 is 0.974 bits per heavy atom. The number of carbonyl (C=O) groups is 5. The molecule has 0 heterocycles. The van der Waals surface area contributed by atoms with Crippen molar-refractivity contribution in [1.82, 2.24) is 5.32 Å². The largest absolute Gasteiger partial charge is 0.366 e. The van der Waals surface area contributed by atoms with Crippen molar-refractivity contribution in [2.45, 2.75) is 13.3 Å². The predicted molar refractivity (Wildman–Crippen MR) is 144 cm³/mol. The van der Waals surface area contributed by atoms with E-state index in [1.807, 2.05) is 6.92 Å². The fourth-order valence-corrected chi connectivity index (χ4v) is 3.27. The molecule has 0 aliphatic heterocycles. The maximum atomic E-state index is 12.6. The minimum Gasteiger partial charge on any atom is -0.366 e. The highest BCUT2D eigenvalue weighted by Crippen LogP contribution is 2.21. The number of nitrogens with one attached hydrogen (secondary N) is 5. The summed E-state index contributed by atoms with van der Waals surface area (Å²) in [5.41, 5.74) is 12.5. The van der Waals surface area contributed by atoms with Gasteiger partial charge < -0.3 is 38.1 Å². The topological polar surface area (TPSA) is 198 Å². The van der Waals surface area contributed by atoms with Crippen LogP contribution in [0.15, 0.2) is 66.7 Å². The molecule has 3 rings (SSSR count). The Hall–Kier alpha value is -5.39. The molecule has 0 saturated heterocycles. The molecule has 3 aromatic rings. The van der Waals surface area contributed by atoms with Gasteiger partial charge >= 0.3 is 12.1 Å². The zero-order valence-electron chi connectivity index (χ0n) is 20.5. The number of nitrogens with two attached hydrogens (primary N) is 2. The molecule has 0 bridgehead atoms. The van der Waals surface area contributed by atoms with E-state index in [0.29, 0.717) is 29.0 Å². The van der Waals surface area contributed by atoms with Gasteiger partial charge in [0.1, 0.15) is 0 Å². The summed E-state index contributed by atoms with van der Waals surface area (Å²) in [6.45, 7) is 2.36. The van der Waals surface area contributed by atoms with Crippen LogP contribution >= 0.6 is 0 Å². The summed E-state index contributed by atoms with van der Waals surface area (Å²) in [5, 5.41) is 13.2. The third kappa shape index (κ3) is 7.81. The molecule has 0 aliphatic rings. The van der Waals surface area contributed by atoms with Crippen LogP contribution in [0.4, 0.5) is 32.3 Å². The molecule has 0 fully saturated rings. The van der Waals surface area contributed by atoms with Crippen molar-refractivity contribution in [3.05, 3.63) is 83.4 Å². The van der Waals surface area contributed by atoms with Crippen LogP contribution < -0.4 is 38.1 Å². The average molecular weight is 518 g/mol. The highest BCUT2D eigenvalue weighted by atomic mass is 16.2. The zero-order valence-corrected chi connectivity index (χ0v) is 20.5. The maximum absolute atomic E-state index is 12.6. The van der Waals surface area contributed by atoms with Crippen molar-refractivity contribution in [1.29, 1.82) is 0 Å². The molecule has 196 valence electrons. The Morgan fingerprint density at radius 1 is 0.579 bits per heavy atom. The van der Waals surface area contributed by atoms with Gasteiger partial charge in [-0.2, -0.15) is 0 Å². The maximum Gasteiger partial charge on any atom is 0.323 e. The Kier molecular flexibility index (Phi) is 8.97. The molecule has 12 heteroatoms. The summed E-state index contributed by atoms with van der Waals surface area (Å²) >= 11 is 0. The van der Waals surface area contributed by atoms with Crippen molar-refractivity contribution in [2.24, 2.45) is 11.5 Å². The standard InChI is InChI=1S/C26H27N7O5/c1-2-11-29-24(36)17-12-20(32-25(37)30-18-7-3-15(4-8-18)22(27)34)14-21(13-17)33-26(38)31-19-9-5-16(6-10-19)23(28)35/h3-10,12-14H,2,11H2,1H3,(H2,27,34)(H2,28,35)(H,29,36)(H2,30,32,37)(H2,31,33,38). The van der Waals surface area contributed by atoms with E-state index >= 15 is 0 Å². The number of primary amides is 2. The normalized spacial score (nSPS) is 10.1. The number of rotatable bonds is 9. The summed E-state index contributed by atoms with van der Waals surface area (Å²) in [6, 6.07) is 15.1. The van der Waals surface area contributed by atoms with Gasteiger partial charge in [-0.1, -0.05) is 6.92 Å². The van der Waals surface area contributed by atoms with E-state index in [2.05, 4.69) is 26.6 Å². The van der Waals surface area contributed by atoms with Crippen molar-refractivity contribution in [3.63, 3.8) is 0 Å². The average Bonchev–Trinajstić information content (AvgIpc) is 2.87. The molecule has 9 N–H and O–H groups in total. The van der Waals surface area contributed by atoms with Gasteiger partial charge in [0, 0.05) is 46.0 Å². The first-order chi connectivity index (χ1) is 18.1. The molecule has 0 aliphatic carbocycles. The van der Waals surface area contributed by atoms with Crippen molar-refractivity contribution < 1.29 is 24.0 Å². The SMILES string of the molecule is CCCNC(=O)c1cc(NC(=O)Nc2ccc(C(N)=O)cc2)cc(NC(=O)Nc2ccc(C(N)=O)cc2)c1. The van der Waals surface area contributed by atoms with Gasteiger partial charge in [0.15, 0.2) is 0 Å². The number of benzene rings is 3. The summed E-state index contributed by atoms with van der Waals surface area (Å²) < 4.78 is 0. The molecule has 3 aromatic carbocycles. The molecular formula is C26H27N7O5. The Labute approximate surface area is 218 Å². The summed E-state index contributed by atoms with van der Waals surface area (Å²) in [4.78, 5) is 60.1. The van der Waals surface area contributed by atoms with Crippen LogP contribution in [0, 0.1) is 0 Å². The molecule has 0 radical (unpaired) electrons. The van der Waals surface area contributed by atoms with Crippen LogP contribution in [-0.2, 0) is 0 Å². The molecule has 12 nitrogen and oxygen atoms in total. The lowest BCUT2D eigenvalue weighted by Gasteiger charge is -2.13. The van der Waals surface area contributed by atoms with E-state index in [1.165, 1.54) is 66.7 Å². The second-order valence-electron chi connectivity index (χ2n) is 8.10. The third-order valence-electron chi connectivity index (χ3n) is 5.10. The second kappa shape index (κ2) is 12.5. The molecule has 0 aromatic heterocycles. The van der Waals surface area contributed by atoms with Gasteiger partial charge in [-0.05, 0) is 73.2 Å². The summed E-state index contributed by atoms with van der Waals surface area (Å²) in [5.74, 6) is -1.57. The molecule has 0 spiro atoms. The van der Waals surface area contributed by atoms with Crippen LogP contribution in [0.5, 0.6) is 0 Å².